The van der Waals surface area contributed by atoms with Crippen LogP contribution >= 0.6 is 11.3 Å². The minimum atomic E-state index is -3.64. The minimum Gasteiger partial charge on any atom is -0.326 e. The summed E-state index contributed by atoms with van der Waals surface area (Å²) in [7, 11) is -3.64. The van der Waals surface area contributed by atoms with Crippen LogP contribution in [0.4, 0.5) is 10.7 Å². The lowest BCUT2D eigenvalue weighted by molar-refractivity contribution is -0.116. The number of carbonyl (C=O) groups excluding carboxylic acids is 2. The summed E-state index contributed by atoms with van der Waals surface area (Å²) in [5, 5.41) is 6.15. The van der Waals surface area contributed by atoms with Crippen molar-refractivity contribution < 1.29 is 18.0 Å². The van der Waals surface area contributed by atoms with Gasteiger partial charge in [-0.05, 0) is 47.9 Å². The van der Waals surface area contributed by atoms with Crippen LogP contribution < -0.4 is 10.6 Å². The van der Waals surface area contributed by atoms with Gasteiger partial charge in [-0.1, -0.05) is 6.58 Å². The third-order valence-corrected chi connectivity index (χ3v) is 7.47. The molecule has 0 bridgehead atoms. The van der Waals surface area contributed by atoms with Crippen LogP contribution in [0.5, 0.6) is 0 Å². The van der Waals surface area contributed by atoms with Gasteiger partial charge in [0.2, 0.25) is 21.8 Å². The molecule has 2 N–H and O–H groups in total. The predicted octanol–water partition coefficient (Wildman–Crippen LogP) is 2.46. The van der Waals surface area contributed by atoms with Crippen molar-refractivity contribution in [1.82, 2.24) is 4.31 Å². The van der Waals surface area contributed by atoms with E-state index in [4.69, 9.17) is 0 Å². The van der Waals surface area contributed by atoms with Crippen molar-refractivity contribution in [2.45, 2.75) is 30.8 Å². The number of benzene rings is 1. The number of fused-ring (bicyclic) bond motifs is 2. The number of thiophene rings is 1. The number of nitrogens with zero attached hydrogens (tertiary/aromatic N) is 1. The lowest BCUT2D eigenvalue weighted by Crippen LogP contribution is -2.26. The Kier molecular flexibility index (Phi) is 4.37. The highest BCUT2D eigenvalue weighted by molar-refractivity contribution is 7.89. The monoisotopic (exact) mass is 403 g/mol. The lowest BCUT2D eigenvalue weighted by atomic mass is 10.0. The topological polar surface area (TPSA) is 95.6 Å². The van der Waals surface area contributed by atoms with Crippen molar-refractivity contribution >= 4 is 43.9 Å². The van der Waals surface area contributed by atoms with Crippen LogP contribution in [0.25, 0.3) is 0 Å². The first-order valence-corrected chi connectivity index (χ1v) is 10.6. The molecule has 0 atom stereocenters. The predicted molar refractivity (Wildman–Crippen MR) is 103 cm³/mol. The molecule has 2 aliphatic rings. The lowest BCUT2D eigenvalue weighted by Gasteiger charge is -2.20. The fraction of sp³-hybridized carbons (Fsp3) is 0.222. The molecule has 0 aliphatic carbocycles. The van der Waals surface area contributed by atoms with Crippen LogP contribution in [0, 0.1) is 0 Å². The van der Waals surface area contributed by atoms with Crippen LogP contribution in [0.15, 0.2) is 41.8 Å². The molecule has 3 heterocycles. The zero-order valence-corrected chi connectivity index (χ0v) is 16.0. The quantitative estimate of drug-likeness (QED) is 0.767. The van der Waals surface area contributed by atoms with Crippen LogP contribution in [0.2, 0.25) is 0 Å². The molecule has 0 unspecified atom stereocenters. The van der Waals surface area contributed by atoms with Crippen molar-refractivity contribution in [3.63, 3.8) is 0 Å². The first-order chi connectivity index (χ1) is 12.9. The van der Waals surface area contributed by atoms with E-state index in [9.17, 15) is 18.0 Å². The van der Waals surface area contributed by atoms with Gasteiger partial charge in [0, 0.05) is 30.1 Å². The van der Waals surface area contributed by atoms with Crippen molar-refractivity contribution in [1.29, 1.82) is 0 Å². The smallest absolute Gasteiger partial charge is 0.248 e. The van der Waals surface area contributed by atoms with Gasteiger partial charge in [-0.2, -0.15) is 4.31 Å². The van der Waals surface area contributed by atoms with E-state index < -0.39 is 10.0 Å². The van der Waals surface area contributed by atoms with Crippen molar-refractivity contribution in [3.8, 4) is 0 Å². The summed E-state index contributed by atoms with van der Waals surface area (Å²) in [6.07, 6.45) is 2.08. The van der Waals surface area contributed by atoms with Gasteiger partial charge in [0.15, 0.2) is 0 Å². The third-order valence-electron chi connectivity index (χ3n) is 4.61. The summed E-state index contributed by atoms with van der Waals surface area (Å²) in [6, 6.07) is 6.63. The van der Waals surface area contributed by atoms with E-state index in [-0.39, 0.29) is 29.8 Å². The highest BCUT2D eigenvalue weighted by Gasteiger charge is 2.33. The highest BCUT2D eigenvalue weighted by atomic mass is 32.2. The molecule has 2 amide bonds. The van der Waals surface area contributed by atoms with E-state index in [1.54, 1.807) is 18.2 Å². The Morgan fingerprint density at radius 1 is 1.22 bits per heavy atom. The molecule has 0 fully saturated rings. The molecule has 0 spiro atoms. The van der Waals surface area contributed by atoms with Gasteiger partial charge in [0.25, 0.3) is 0 Å². The maximum atomic E-state index is 13.0. The number of nitrogens with one attached hydrogen (secondary N) is 2. The van der Waals surface area contributed by atoms with E-state index in [1.807, 2.05) is 0 Å². The maximum absolute atomic E-state index is 13.0. The molecule has 2 aliphatic heterocycles. The second-order valence-corrected chi connectivity index (χ2v) is 9.47. The fourth-order valence-electron chi connectivity index (χ4n) is 3.21. The molecule has 2 aromatic rings. The Bertz CT molecular complexity index is 1050. The number of amides is 2. The molecule has 1 aromatic heterocycles. The van der Waals surface area contributed by atoms with Gasteiger partial charge in [-0.3, -0.25) is 9.59 Å². The molecular formula is C18H17N3O4S2. The second kappa shape index (κ2) is 6.59. The van der Waals surface area contributed by atoms with Gasteiger partial charge in [-0.15, -0.1) is 11.3 Å². The van der Waals surface area contributed by atoms with Gasteiger partial charge in [0.05, 0.1) is 9.90 Å². The Morgan fingerprint density at radius 3 is 2.78 bits per heavy atom. The van der Waals surface area contributed by atoms with Crippen LogP contribution in [-0.2, 0) is 39.1 Å². The van der Waals surface area contributed by atoms with Crippen molar-refractivity contribution in [2.75, 3.05) is 10.6 Å². The number of anilines is 2. The van der Waals surface area contributed by atoms with E-state index in [1.165, 1.54) is 27.8 Å². The summed E-state index contributed by atoms with van der Waals surface area (Å²) in [5.41, 5.74) is 2.40. The van der Waals surface area contributed by atoms with Crippen LogP contribution in [0.1, 0.15) is 22.4 Å². The third kappa shape index (κ3) is 3.29. The maximum Gasteiger partial charge on any atom is 0.248 e. The number of rotatable bonds is 4. The van der Waals surface area contributed by atoms with E-state index in [0.29, 0.717) is 23.5 Å². The highest BCUT2D eigenvalue weighted by Crippen LogP contribution is 2.37. The van der Waals surface area contributed by atoms with Gasteiger partial charge in [0.1, 0.15) is 0 Å². The zero-order chi connectivity index (χ0) is 19.2. The van der Waals surface area contributed by atoms with Gasteiger partial charge in [-0.25, -0.2) is 8.42 Å². The largest absolute Gasteiger partial charge is 0.326 e. The SMILES string of the molecule is C=CC(=O)Nc1cc2c(s1)CN(S(=O)(=O)c1ccc3c(c1)CCC(=O)N3)C2. The fourth-order valence-corrected chi connectivity index (χ4v) is 5.83. The number of sulfonamides is 1. The van der Waals surface area contributed by atoms with Crippen molar-refractivity contribution in [2.24, 2.45) is 0 Å². The van der Waals surface area contributed by atoms with Crippen LogP contribution in [0.3, 0.4) is 0 Å². The number of hydrogen-bond donors (Lipinski definition) is 2. The number of hydrogen-bond acceptors (Lipinski definition) is 5. The molecule has 27 heavy (non-hydrogen) atoms. The Morgan fingerprint density at radius 2 is 2.04 bits per heavy atom. The molecule has 7 nitrogen and oxygen atoms in total. The summed E-state index contributed by atoms with van der Waals surface area (Å²) >= 11 is 1.37. The molecule has 4 rings (SSSR count). The van der Waals surface area contributed by atoms with E-state index in [0.717, 1.165) is 16.0 Å². The molecule has 0 saturated carbocycles. The Labute approximate surface area is 160 Å². The molecule has 9 heteroatoms. The first kappa shape index (κ1) is 17.9. The average Bonchev–Trinajstić information content (AvgIpc) is 3.20. The second-order valence-electron chi connectivity index (χ2n) is 6.39. The minimum absolute atomic E-state index is 0.0542. The normalized spacial score (nSPS) is 16.4. The molecule has 1 aromatic carbocycles. The zero-order valence-electron chi connectivity index (χ0n) is 14.3. The van der Waals surface area contributed by atoms with Gasteiger partial charge >= 0.3 is 0 Å². The molecular weight excluding hydrogens is 386 g/mol. The first-order valence-electron chi connectivity index (χ1n) is 8.35. The summed E-state index contributed by atoms with van der Waals surface area (Å²) in [4.78, 5) is 24.0. The Balaban J connectivity index is 1.55. The summed E-state index contributed by atoms with van der Waals surface area (Å²) < 4.78 is 27.5. The standard InChI is InChI=1S/C18H17N3O4S2/c1-2-16(22)20-18-8-12-9-21(10-15(12)26-18)27(24,25)13-4-5-14-11(7-13)3-6-17(23)19-14/h2,4-5,7-8H,1,3,6,9-10H2,(H,19,23)(H,20,22). The molecule has 0 saturated heterocycles. The van der Waals surface area contributed by atoms with Crippen molar-refractivity contribution in [3.05, 3.63) is 52.9 Å². The summed E-state index contributed by atoms with van der Waals surface area (Å²) in [6.45, 7) is 3.96. The average molecular weight is 403 g/mol. The van der Waals surface area contributed by atoms with Crippen LogP contribution in [-0.4, -0.2) is 24.5 Å². The Hall–Kier alpha value is -2.49. The van der Waals surface area contributed by atoms with E-state index >= 15 is 0 Å². The number of aryl methyl sites for hydroxylation is 1. The van der Waals surface area contributed by atoms with Gasteiger partial charge < -0.3 is 10.6 Å². The summed E-state index contributed by atoms with van der Waals surface area (Å²) in [5.74, 6) is -0.345. The van der Waals surface area contributed by atoms with E-state index in [2.05, 4.69) is 17.2 Å². The molecule has 140 valence electrons. The molecule has 0 radical (unpaired) electrons. The number of carbonyl (C=O) groups is 2.